The molecule has 0 unspecified atom stereocenters. The van der Waals surface area contributed by atoms with E-state index >= 15 is 0 Å². The fraction of sp³-hybridized carbons (Fsp3) is 0.400. The Morgan fingerprint density at radius 3 is 3.07 bits per heavy atom. The van der Waals surface area contributed by atoms with Gasteiger partial charge in [0.25, 0.3) is 0 Å². The van der Waals surface area contributed by atoms with Gasteiger partial charge in [-0.1, -0.05) is 6.92 Å². The first-order valence-electron chi connectivity index (χ1n) is 4.60. The molecule has 0 spiro atoms. The maximum atomic E-state index is 11.4. The first-order valence-corrected chi connectivity index (χ1v) is 4.60. The topological polar surface area (TPSA) is 65.2 Å². The quantitative estimate of drug-likeness (QED) is 0.729. The van der Waals surface area contributed by atoms with Crippen LogP contribution in [0, 0.1) is 0 Å². The van der Waals surface area contributed by atoms with Gasteiger partial charge in [0.1, 0.15) is 0 Å². The van der Waals surface area contributed by atoms with Gasteiger partial charge < -0.3 is 10.5 Å². The van der Waals surface area contributed by atoms with Crippen molar-refractivity contribution < 1.29 is 9.53 Å². The normalized spacial score (nSPS) is 9.86. The Balaban J connectivity index is 2.69. The van der Waals surface area contributed by atoms with Crippen LogP contribution in [0.3, 0.4) is 0 Å². The summed E-state index contributed by atoms with van der Waals surface area (Å²) < 4.78 is 4.97. The molecule has 1 aromatic heterocycles. The van der Waals surface area contributed by atoms with E-state index in [1.165, 1.54) is 0 Å². The monoisotopic (exact) mass is 194 g/mol. The molecule has 76 valence electrons. The lowest BCUT2D eigenvalue weighted by Gasteiger charge is -2.03. The highest BCUT2D eigenvalue weighted by Gasteiger charge is 2.06. The van der Waals surface area contributed by atoms with Crippen molar-refractivity contribution in [2.24, 2.45) is 5.73 Å². The lowest BCUT2D eigenvalue weighted by molar-refractivity contribution is 0.0505. The second kappa shape index (κ2) is 5.34. The molecule has 0 saturated carbocycles. The van der Waals surface area contributed by atoms with Crippen LogP contribution >= 0.6 is 0 Å². The molecule has 1 rings (SSSR count). The van der Waals surface area contributed by atoms with Gasteiger partial charge in [-0.15, -0.1) is 0 Å². The van der Waals surface area contributed by atoms with Gasteiger partial charge in [0.05, 0.1) is 17.9 Å². The summed E-state index contributed by atoms with van der Waals surface area (Å²) in [4.78, 5) is 15.4. The molecular weight excluding hydrogens is 180 g/mol. The third-order valence-electron chi connectivity index (χ3n) is 1.70. The van der Waals surface area contributed by atoms with Crippen LogP contribution in [-0.4, -0.2) is 17.6 Å². The van der Waals surface area contributed by atoms with Crippen molar-refractivity contribution in [2.75, 3.05) is 6.61 Å². The van der Waals surface area contributed by atoms with E-state index in [0.29, 0.717) is 24.4 Å². The number of nitrogens with zero attached hydrogens (tertiary/aromatic N) is 1. The van der Waals surface area contributed by atoms with E-state index in [0.717, 1.165) is 6.42 Å². The summed E-state index contributed by atoms with van der Waals surface area (Å²) in [5.74, 6) is -0.316. The van der Waals surface area contributed by atoms with Crippen LogP contribution in [0.25, 0.3) is 0 Å². The molecule has 0 atom stereocenters. The van der Waals surface area contributed by atoms with Gasteiger partial charge in [-0.05, 0) is 18.6 Å². The molecule has 0 aliphatic carbocycles. The van der Waals surface area contributed by atoms with Crippen molar-refractivity contribution in [3.05, 3.63) is 29.6 Å². The molecule has 0 fully saturated rings. The third-order valence-corrected chi connectivity index (χ3v) is 1.70. The first-order chi connectivity index (χ1) is 6.77. The lowest BCUT2D eigenvalue weighted by Crippen LogP contribution is -2.08. The maximum absolute atomic E-state index is 11.4. The molecule has 4 nitrogen and oxygen atoms in total. The van der Waals surface area contributed by atoms with Crippen molar-refractivity contribution in [1.29, 1.82) is 0 Å². The second-order valence-corrected chi connectivity index (χ2v) is 2.88. The fourth-order valence-corrected chi connectivity index (χ4v) is 0.995. The second-order valence-electron chi connectivity index (χ2n) is 2.88. The molecule has 0 saturated heterocycles. The summed E-state index contributed by atoms with van der Waals surface area (Å²) in [5, 5.41) is 0. The van der Waals surface area contributed by atoms with Crippen LogP contribution in [0.5, 0.6) is 0 Å². The van der Waals surface area contributed by atoms with E-state index in [1.807, 2.05) is 6.92 Å². The Labute approximate surface area is 83.1 Å². The zero-order valence-corrected chi connectivity index (χ0v) is 8.19. The molecule has 0 bridgehead atoms. The molecule has 2 N–H and O–H groups in total. The highest BCUT2D eigenvalue weighted by molar-refractivity contribution is 5.89. The molecule has 14 heavy (non-hydrogen) atoms. The minimum atomic E-state index is -0.316. The SMILES string of the molecule is CCCOC(=O)c1ccnc(CN)c1. The van der Waals surface area contributed by atoms with Crippen LogP contribution in [0.2, 0.25) is 0 Å². The van der Waals surface area contributed by atoms with Crippen molar-refractivity contribution in [1.82, 2.24) is 4.98 Å². The van der Waals surface area contributed by atoms with E-state index in [9.17, 15) is 4.79 Å². The van der Waals surface area contributed by atoms with E-state index in [1.54, 1.807) is 18.3 Å². The molecule has 4 heteroatoms. The number of carbonyl (C=O) groups excluding carboxylic acids is 1. The minimum absolute atomic E-state index is 0.316. The van der Waals surface area contributed by atoms with Crippen LogP contribution < -0.4 is 5.73 Å². The van der Waals surface area contributed by atoms with Crippen molar-refractivity contribution >= 4 is 5.97 Å². The van der Waals surface area contributed by atoms with Crippen molar-refractivity contribution in [3.63, 3.8) is 0 Å². The standard InChI is InChI=1S/C10H14N2O2/c1-2-5-14-10(13)8-3-4-12-9(6-8)7-11/h3-4,6H,2,5,7,11H2,1H3. The van der Waals surface area contributed by atoms with Gasteiger partial charge in [0.2, 0.25) is 0 Å². The molecule has 1 aromatic rings. The molecule has 0 aliphatic rings. The zero-order chi connectivity index (χ0) is 10.4. The number of esters is 1. The van der Waals surface area contributed by atoms with Gasteiger partial charge >= 0.3 is 5.97 Å². The molecular formula is C10H14N2O2. The largest absolute Gasteiger partial charge is 0.462 e. The number of hydrogen-bond acceptors (Lipinski definition) is 4. The number of pyridine rings is 1. The molecule has 0 aromatic carbocycles. The average molecular weight is 194 g/mol. The number of hydrogen-bond donors (Lipinski definition) is 1. The predicted molar refractivity (Wildman–Crippen MR) is 52.7 cm³/mol. The maximum Gasteiger partial charge on any atom is 0.338 e. The summed E-state index contributed by atoms with van der Waals surface area (Å²) in [6.45, 7) is 2.72. The minimum Gasteiger partial charge on any atom is -0.462 e. The Morgan fingerprint density at radius 2 is 2.43 bits per heavy atom. The van der Waals surface area contributed by atoms with Crippen molar-refractivity contribution in [2.45, 2.75) is 19.9 Å². The lowest BCUT2D eigenvalue weighted by atomic mass is 10.2. The molecule has 1 heterocycles. The summed E-state index contributed by atoms with van der Waals surface area (Å²) in [6.07, 6.45) is 2.38. The number of rotatable bonds is 4. The van der Waals surface area contributed by atoms with E-state index < -0.39 is 0 Å². The van der Waals surface area contributed by atoms with Gasteiger partial charge in [-0.25, -0.2) is 4.79 Å². The molecule has 0 amide bonds. The number of carbonyl (C=O) groups is 1. The summed E-state index contributed by atoms with van der Waals surface area (Å²) >= 11 is 0. The highest BCUT2D eigenvalue weighted by Crippen LogP contribution is 2.03. The summed E-state index contributed by atoms with van der Waals surface area (Å²) in [6, 6.07) is 3.27. The van der Waals surface area contributed by atoms with Gasteiger partial charge in [-0.3, -0.25) is 4.98 Å². The van der Waals surface area contributed by atoms with Crippen molar-refractivity contribution in [3.8, 4) is 0 Å². The molecule has 0 aliphatic heterocycles. The van der Waals surface area contributed by atoms with E-state index in [2.05, 4.69) is 4.98 Å². The highest BCUT2D eigenvalue weighted by atomic mass is 16.5. The average Bonchev–Trinajstić information content (AvgIpc) is 2.26. The van der Waals surface area contributed by atoms with Crippen LogP contribution in [0.4, 0.5) is 0 Å². The third kappa shape index (κ3) is 2.81. The summed E-state index contributed by atoms with van der Waals surface area (Å²) in [5.41, 5.74) is 6.60. The molecule has 0 radical (unpaired) electrons. The Bertz CT molecular complexity index is 313. The first kappa shape index (κ1) is 10.7. The van der Waals surface area contributed by atoms with Crippen LogP contribution in [0.1, 0.15) is 29.4 Å². The van der Waals surface area contributed by atoms with E-state index in [4.69, 9.17) is 10.5 Å². The van der Waals surface area contributed by atoms with Crippen LogP contribution in [0.15, 0.2) is 18.3 Å². The number of aromatic nitrogens is 1. The number of nitrogens with two attached hydrogens (primary N) is 1. The van der Waals surface area contributed by atoms with E-state index in [-0.39, 0.29) is 5.97 Å². The van der Waals surface area contributed by atoms with Gasteiger partial charge in [-0.2, -0.15) is 0 Å². The smallest absolute Gasteiger partial charge is 0.338 e. The Morgan fingerprint density at radius 1 is 1.64 bits per heavy atom. The number of ether oxygens (including phenoxy) is 1. The fourth-order valence-electron chi connectivity index (χ4n) is 0.995. The Hall–Kier alpha value is -1.42. The van der Waals surface area contributed by atoms with Gasteiger partial charge in [0, 0.05) is 12.7 Å². The van der Waals surface area contributed by atoms with Crippen LogP contribution in [-0.2, 0) is 11.3 Å². The van der Waals surface area contributed by atoms with Gasteiger partial charge in [0.15, 0.2) is 0 Å². The summed E-state index contributed by atoms with van der Waals surface area (Å²) in [7, 11) is 0. The Kier molecular flexibility index (Phi) is 4.07. The zero-order valence-electron chi connectivity index (χ0n) is 8.19. The predicted octanol–water partition coefficient (Wildman–Crippen LogP) is 1.11.